The van der Waals surface area contributed by atoms with Crippen LogP contribution in [-0.4, -0.2) is 37.3 Å². The second-order valence-corrected chi connectivity index (χ2v) is 6.70. The Hall–Kier alpha value is -2.22. The van der Waals surface area contributed by atoms with Gasteiger partial charge in [0.25, 0.3) is 5.91 Å². The number of carbonyl (C=O) groups is 2. The lowest BCUT2D eigenvalue weighted by molar-refractivity contribution is -0.145. The predicted octanol–water partition coefficient (Wildman–Crippen LogP) is 2.06. The molecule has 0 spiro atoms. The Morgan fingerprint density at radius 1 is 1.35 bits per heavy atom. The van der Waals surface area contributed by atoms with Crippen molar-refractivity contribution in [3.8, 4) is 10.6 Å². The minimum absolute atomic E-state index is 0.250. The van der Waals surface area contributed by atoms with Crippen LogP contribution in [0.25, 0.3) is 10.6 Å². The van der Waals surface area contributed by atoms with Gasteiger partial charge in [-0.3, -0.25) is 9.48 Å². The summed E-state index contributed by atoms with van der Waals surface area (Å²) in [5, 5.41) is 18.6. The molecule has 2 aromatic heterocycles. The first kappa shape index (κ1) is 15.7. The van der Waals surface area contributed by atoms with Gasteiger partial charge in [0.15, 0.2) is 0 Å². The molecule has 3 rings (SSSR count). The van der Waals surface area contributed by atoms with Gasteiger partial charge in [0.1, 0.15) is 16.2 Å². The molecular weight excluding hydrogens is 316 g/mol. The van der Waals surface area contributed by atoms with Crippen molar-refractivity contribution in [3.05, 3.63) is 23.5 Å². The molecule has 122 valence electrons. The van der Waals surface area contributed by atoms with Crippen LogP contribution >= 0.6 is 11.3 Å². The van der Waals surface area contributed by atoms with Gasteiger partial charge in [0, 0.05) is 24.2 Å². The average Bonchev–Trinajstić information content (AvgIpc) is 3.16. The van der Waals surface area contributed by atoms with Gasteiger partial charge in [-0.1, -0.05) is 19.3 Å². The summed E-state index contributed by atoms with van der Waals surface area (Å²) in [6, 6.07) is 0. The molecule has 1 amide bonds. The van der Waals surface area contributed by atoms with Gasteiger partial charge in [-0.25, -0.2) is 9.78 Å². The minimum atomic E-state index is -1.16. The van der Waals surface area contributed by atoms with Gasteiger partial charge in [0.05, 0.1) is 6.20 Å². The first-order valence-corrected chi connectivity index (χ1v) is 8.39. The Balaban J connectivity index is 1.78. The number of hydrogen-bond donors (Lipinski definition) is 2. The Bertz CT molecular complexity index is 731. The van der Waals surface area contributed by atoms with Gasteiger partial charge in [0.2, 0.25) is 0 Å². The Morgan fingerprint density at radius 3 is 2.70 bits per heavy atom. The Morgan fingerprint density at radius 2 is 2.09 bits per heavy atom. The molecule has 0 atom stereocenters. The maximum Gasteiger partial charge on any atom is 0.329 e. The van der Waals surface area contributed by atoms with Crippen molar-refractivity contribution < 1.29 is 14.7 Å². The highest BCUT2D eigenvalue weighted by atomic mass is 32.1. The molecule has 23 heavy (non-hydrogen) atoms. The second-order valence-electron chi connectivity index (χ2n) is 5.84. The zero-order chi connectivity index (χ0) is 16.4. The van der Waals surface area contributed by atoms with Crippen molar-refractivity contribution in [1.82, 2.24) is 20.1 Å². The third-order valence-electron chi connectivity index (χ3n) is 4.16. The molecule has 1 aliphatic carbocycles. The Labute approximate surface area is 137 Å². The van der Waals surface area contributed by atoms with E-state index in [0.717, 1.165) is 24.8 Å². The summed E-state index contributed by atoms with van der Waals surface area (Å²) in [5.41, 5.74) is -0.0739. The molecular formula is C15H18N4O3S. The number of nitrogens with one attached hydrogen (secondary N) is 1. The Kier molecular flexibility index (Phi) is 4.16. The number of nitrogens with zero attached hydrogens (tertiary/aromatic N) is 3. The molecule has 0 bridgehead atoms. The summed E-state index contributed by atoms with van der Waals surface area (Å²) in [5.74, 6) is -1.39. The zero-order valence-corrected chi connectivity index (χ0v) is 13.6. The van der Waals surface area contributed by atoms with E-state index in [9.17, 15) is 14.7 Å². The third-order valence-corrected chi connectivity index (χ3v) is 5.05. The fraction of sp³-hybridized carbons (Fsp3) is 0.467. The van der Waals surface area contributed by atoms with Crippen molar-refractivity contribution in [2.75, 3.05) is 0 Å². The van der Waals surface area contributed by atoms with Gasteiger partial charge in [-0.15, -0.1) is 11.3 Å². The van der Waals surface area contributed by atoms with Crippen LogP contribution in [0.2, 0.25) is 0 Å². The summed E-state index contributed by atoms with van der Waals surface area (Å²) in [4.78, 5) is 28.4. The molecule has 0 aromatic carbocycles. The number of aliphatic carboxylic acids is 1. The van der Waals surface area contributed by atoms with E-state index in [1.165, 1.54) is 11.3 Å². The lowest BCUT2D eigenvalue weighted by Gasteiger charge is -2.33. The number of aromatic nitrogens is 3. The van der Waals surface area contributed by atoms with Gasteiger partial charge in [-0.05, 0) is 12.8 Å². The first-order chi connectivity index (χ1) is 11.0. The van der Waals surface area contributed by atoms with Crippen LogP contribution < -0.4 is 5.32 Å². The van der Waals surface area contributed by atoms with Gasteiger partial charge in [-0.2, -0.15) is 5.10 Å². The maximum absolute atomic E-state index is 12.4. The van der Waals surface area contributed by atoms with Crippen LogP contribution in [0.1, 0.15) is 42.6 Å². The van der Waals surface area contributed by atoms with E-state index in [4.69, 9.17) is 0 Å². The fourth-order valence-electron chi connectivity index (χ4n) is 2.87. The number of carboxylic acid groups (broad SMARTS) is 1. The molecule has 1 saturated carbocycles. The highest BCUT2D eigenvalue weighted by Crippen LogP contribution is 2.29. The molecule has 0 unspecified atom stereocenters. The number of carboxylic acids is 1. The van der Waals surface area contributed by atoms with Crippen molar-refractivity contribution in [1.29, 1.82) is 0 Å². The van der Waals surface area contributed by atoms with E-state index >= 15 is 0 Å². The summed E-state index contributed by atoms with van der Waals surface area (Å²) in [6.07, 6.45) is 7.06. The average molecular weight is 334 g/mol. The lowest BCUT2D eigenvalue weighted by atomic mass is 9.81. The van der Waals surface area contributed by atoms with Crippen LogP contribution in [0, 0.1) is 0 Å². The predicted molar refractivity (Wildman–Crippen MR) is 85.2 cm³/mol. The number of hydrogen-bond acceptors (Lipinski definition) is 5. The number of aryl methyl sites for hydroxylation is 1. The number of rotatable bonds is 4. The van der Waals surface area contributed by atoms with E-state index in [1.807, 2.05) is 13.2 Å². The van der Waals surface area contributed by atoms with Crippen LogP contribution in [0.4, 0.5) is 0 Å². The van der Waals surface area contributed by atoms with Crippen molar-refractivity contribution in [3.63, 3.8) is 0 Å². The number of amides is 1. The SMILES string of the molecule is Cn1cc(-c2nc(C(=O)NC3(C(=O)O)CCCCC3)cs2)cn1. The maximum atomic E-state index is 12.4. The standard InChI is InChI=1S/C15H18N4O3S/c1-19-8-10(7-16-19)13-17-11(9-23-13)12(20)18-15(14(21)22)5-3-2-4-6-15/h7-9H,2-6H2,1H3,(H,18,20)(H,21,22). The molecule has 2 aromatic rings. The molecule has 8 heteroatoms. The summed E-state index contributed by atoms with van der Waals surface area (Å²) < 4.78 is 1.66. The third kappa shape index (κ3) is 3.12. The van der Waals surface area contributed by atoms with E-state index in [0.29, 0.717) is 17.8 Å². The van der Waals surface area contributed by atoms with E-state index in [-0.39, 0.29) is 5.69 Å². The van der Waals surface area contributed by atoms with E-state index in [1.54, 1.807) is 16.3 Å². The van der Waals surface area contributed by atoms with Crippen LogP contribution in [-0.2, 0) is 11.8 Å². The molecule has 0 radical (unpaired) electrons. The topological polar surface area (TPSA) is 97.1 Å². The number of thiazole rings is 1. The zero-order valence-electron chi connectivity index (χ0n) is 12.8. The normalized spacial score (nSPS) is 16.9. The highest BCUT2D eigenvalue weighted by Gasteiger charge is 2.41. The molecule has 0 saturated heterocycles. The lowest BCUT2D eigenvalue weighted by Crippen LogP contribution is -2.55. The number of carbonyl (C=O) groups excluding carboxylic acids is 1. The summed E-state index contributed by atoms with van der Waals surface area (Å²) in [7, 11) is 1.81. The molecule has 7 nitrogen and oxygen atoms in total. The van der Waals surface area contributed by atoms with Crippen molar-refractivity contribution >= 4 is 23.2 Å². The van der Waals surface area contributed by atoms with E-state index in [2.05, 4.69) is 15.4 Å². The molecule has 2 heterocycles. The second kappa shape index (κ2) is 6.11. The first-order valence-electron chi connectivity index (χ1n) is 7.51. The quantitative estimate of drug-likeness (QED) is 0.892. The van der Waals surface area contributed by atoms with Crippen molar-refractivity contribution in [2.24, 2.45) is 7.05 Å². The fourth-order valence-corrected chi connectivity index (χ4v) is 3.65. The molecule has 1 fully saturated rings. The smallest absolute Gasteiger partial charge is 0.329 e. The molecule has 2 N–H and O–H groups in total. The largest absolute Gasteiger partial charge is 0.480 e. The van der Waals surface area contributed by atoms with Gasteiger partial charge < -0.3 is 10.4 Å². The summed E-state index contributed by atoms with van der Waals surface area (Å²) in [6.45, 7) is 0. The molecule has 1 aliphatic rings. The van der Waals surface area contributed by atoms with Crippen LogP contribution in [0.15, 0.2) is 17.8 Å². The minimum Gasteiger partial charge on any atom is -0.480 e. The molecule has 0 aliphatic heterocycles. The summed E-state index contributed by atoms with van der Waals surface area (Å²) >= 11 is 1.34. The van der Waals surface area contributed by atoms with Crippen LogP contribution in [0.5, 0.6) is 0 Å². The van der Waals surface area contributed by atoms with Crippen molar-refractivity contribution in [2.45, 2.75) is 37.6 Å². The van der Waals surface area contributed by atoms with Crippen LogP contribution in [0.3, 0.4) is 0 Å². The van der Waals surface area contributed by atoms with Gasteiger partial charge >= 0.3 is 5.97 Å². The van der Waals surface area contributed by atoms with E-state index < -0.39 is 17.4 Å². The monoisotopic (exact) mass is 334 g/mol. The highest BCUT2D eigenvalue weighted by molar-refractivity contribution is 7.13.